The molecule has 0 spiro atoms. The van der Waals surface area contributed by atoms with E-state index in [-0.39, 0.29) is 16.3 Å². The van der Waals surface area contributed by atoms with Crippen LogP contribution in [0.15, 0.2) is 57.9 Å². The van der Waals surface area contributed by atoms with Crippen molar-refractivity contribution < 1.29 is 13.2 Å². The first-order valence-electron chi connectivity index (χ1n) is 6.45. The minimum Gasteiger partial charge on any atom is -0.494 e. The number of rotatable bonds is 6. The molecule has 0 amide bonds. The number of hydrogen-bond donors (Lipinski definition) is 1. The molecule has 0 heterocycles. The second-order valence-corrected chi connectivity index (χ2v) is 7.51. The molecular weight excluding hydrogens is 354 g/mol. The van der Waals surface area contributed by atoms with E-state index < -0.39 is 9.84 Å². The highest BCUT2D eigenvalue weighted by Gasteiger charge is 2.17. The van der Waals surface area contributed by atoms with Crippen LogP contribution >= 0.6 is 15.9 Å². The van der Waals surface area contributed by atoms with Gasteiger partial charge in [0, 0.05) is 4.47 Å². The smallest absolute Gasteiger partial charge is 0.180 e. The van der Waals surface area contributed by atoms with Gasteiger partial charge in [-0.15, -0.1) is 0 Å². The molecule has 4 nitrogen and oxygen atoms in total. The zero-order valence-corrected chi connectivity index (χ0v) is 13.7. The van der Waals surface area contributed by atoms with Gasteiger partial charge < -0.3 is 10.5 Å². The maximum atomic E-state index is 12.3. The SMILES string of the molecule is Nc1ccc(Br)cc1S(=O)(=O)CCCOc1ccccc1. The van der Waals surface area contributed by atoms with Crippen molar-refractivity contribution in [2.24, 2.45) is 0 Å². The van der Waals surface area contributed by atoms with E-state index in [0.29, 0.717) is 17.5 Å². The van der Waals surface area contributed by atoms with Crippen LogP contribution < -0.4 is 10.5 Å². The summed E-state index contributed by atoms with van der Waals surface area (Å²) in [4.78, 5) is 0.164. The number of anilines is 1. The third kappa shape index (κ3) is 4.47. The predicted molar refractivity (Wildman–Crippen MR) is 87.2 cm³/mol. The molecule has 6 heteroatoms. The minimum absolute atomic E-state index is 0.000483. The molecule has 2 N–H and O–H groups in total. The maximum Gasteiger partial charge on any atom is 0.180 e. The van der Waals surface area contributed by atoms with Crippen LogP contribution in [-0.4, -0.2) is 20.8 Å². The molecule has 2 rings (SSSR count). The molecule has 112 valence electrons. The Labute approximate surface area is 133 Å². The van der Waals surface area contributed by atoms with Crippen LogP contribution in [0.25, 0.3) is 0 Å². The molecule has 0 saturated heterocycles. The van der Waals surface area contributed by atoms with Crippen LogP contribution in [0.4, 0.5) is 5.69 Å². The summed E-state index contributed by atoms with van der Waals surface area (Å²) < 4.78 is 30.7. The minimum atomic E-state index is -3.40. The Balaban J connectivity index is 1.94. The first-order valence-corrected chi connectivity index (χ1v) is 8.89. The lowest BCUT2D eigenvalue weighted by Crippen LogP contribution is -2.12. The molecular formula is C15H16BrNO3S. The van der Waals surface area contributed by atoms with Gasteiger partial charge in [0.1, 0.15) is 5.75 Å². The summed E-state index contributed by atoms with van der Waals surface area (Å²) in [7, 11) is -3.40. The number of hydrogen-bond acceptors (Lipinski definition) is 4. The molecule has 0 aliphatic rings. The van der Waals surface area contributed by atoms with Gasteiger partial charge in [-0.25, -0.2) is 8.42 Å². The summed E-state index contributed by atoms with van der Waals surface area (Å²) in [5.41, 5.74) is 6.01. The number of benzene rings is 2. The van der Waals surface area contributed by atoms with Crippen LogP contribution in [0.5, 0.6) is 5.75 Å². The Morgan fingerprint density at radius 3 is 2.52 bits per heavy atom. The highest BCUT2D eigenvalue weighted by molar-refractivity contribution is 9.10. The van der Waals surface area contributed by atoms with Gasteiger partial charge in [0.05, 0.1) is 22.9 Å². The highest BCUT2D eigenvalue weighted by atomic mass is 79.9. The zero-order chi connectivity index (χ0) is 15.3. The molecule has 0 fully saturated rings. The molecule has 21 heavy (non-hydrogen) atoms. The first kappa shape index (κ1) is 15.9. The van der Waals surface area contributed by atoms with Crippen molar-refractivity contribution in [1.29, 1.82) is 0 Å². The van der Waals surface area contributed by atoms with Crippen molar-refractivity contribution in [2.75, 3.05) is 18.1 Å². The average Bonchev–Trinajstić information content (AvgIpc) is 2.47. The van der Waals surface area contributed by atoms with Crippen molar-refractivity contribution in [3.8, 4) is 5.75 Å². The van der Waals surface area contributed by atoms with Gasteiger partial charge >= 0.3 is 0 Å². The third-order valence-electron chi connectivity index (χ3n) is 2.88. The van der Waals surface area contributed by atoms with E-state index in [1.165, 1.54) is 6.07 Å². The zero-order valence-electron chi connectivity index (χ0n) is 11.3. The summed E-state index contributed by atoms with van der Waals surface area (Å²) in [6, 6.07) is 14.1. The van der Waals surface area contributed by atoms with E-state index in [0.717, 1.165) is 5.75 Å². The van der Waals surface area contributed by atoms with Crippen LogP contribution in [0.2, 0.25) is 0 Å². The first-order chi connectivity index (χ1) is 9.99. The number of nitrogen functional groups attached to an aromatic ring is 1. The molecule has 2 aromatic carbocycles. The topological polar surface area (TPSA) is 69.4 Å². The van der Waals surface area contributed by atoms with E-state index in [9.17, 15) is 8.42 Å². The quantitative estimate of drug-likeness (QED) is 0.626. The van der Waals surface area contributed by atoms with Crippen LogP contribution in [0.1, 0.15) is 6.42 Å². The number of ether oxygens (including phenoxy) is 1. The average molecular weight is 370 g/mol. The largest absolute Gasteiger partial charge is 0.494 e. The summed E-state index contributed by atoms with van der Waals surface area (Å²) in [5, 5.41) is 0. The normalized spacial score (nSPS) is 11.3. The van der Waals surface area contributed by atoms with E-state index >= 15 is 0 Å². The van der Waals surface area contributed by atoms with Crippen molar-refractivity contribution in [1.82, 2.24) is 0 Å². The Kier molecular flexibility index (Phi) is 5.25. The molecule has 0 radical (unpaired) electrons. The van der Waals surface area contributed by atoms with E-state index in [2.05, 4.69) is 15.9 Å². The van der Waals surface area contributed by atoms with E-state index in [1.807, 2.05) is 30.3 Å². The molecule has 0 bridgehead atoms. The van der Waals surface area contributed by atoms with E-state index in [4.69, 9.17) is 10.5 Å². The van der Waals surface area contributed by atoms with Crippen LogP contribution in [0.3, 0.4) is 0 Å². The fourth-order valence-electron chi connectivity index (χ4n) is 1.84. The lowest BCUT2D eigenvalue weighted by molar-refractivity contribution is 0.317. The van der Waals surface area contributed by atoms with Gasteiger partial charge in [0.15, 0.2) is 9.84 Å². The second kappa shape index (κ2) is 6.95. The number of sulfone groups is 1. The van der Waals surface area contributed by atoms with Gasteiger partial charge in [-0.2, -0.15) is 0 Å². The second-order valence-electron chi connectivity index (χ2n) is 4.52. The summed E-state index contributed by atoms with van der Waals surface area (Å²) in [5.74, 6) is 0.734. The highest BCUT2D eigenvalue weighted by Crippen LogP contribution is 2.24. The van der Waals surface area contributed by atoms with Gasteiger partial charge in [-0.1, -0.05) is 34.1 Å². The van der Waals surface area contributed by atoms with Crippen molar-refractivity contribution in [3.05, 3.63) is 53.0 Å². The summed E-state index contributed by atoms with van der Waals surface area (Å²) >= 11 is 3.26. The summed E-state index contributed by atoms with van der Waals surface area (Å²) in [6.45, 7) is 0.344. The number of halogens is 1. The Hall–Kier alpha value is -1.53. The van der Waals surface area contributed by atoms with Gasteiger partial charge in [0.2, 0.25) is 0 Å². The Morgan fingerprint density at radius 2 is 1.81 bits per heavy atom. The number of para-hydroxylation sites is 1. The Morgan fingerprint density at radius 1 is 1.10 bits per heavy atom. The fraction of sp³-hybridized carbons (Fsp3) is 0.200. The predicted octanol–water partition coefficient (Wildman–Crippen LogP) is 3.27. The molecule has 0 aliphatic heterocycles. The fourth-order valence-corrected chi connectivity index (χ4v) is 3.81. The van der Waals surface area contributed by atoms with Gasteiger partial charge in [-0.3, -0.25) is 0 Å². The molecule has 0 atom stereocenters. The monoisotopic (exact) mass is 369 g/mol. The Bertz CT molecular complexity index is 702. The molecule has 2 aromatic rings. The number of nitrogens with two attached hydrogens (primary N) is 1. The third-order valence-corrected chi connectivity index (χ3v) is 5.22. The molecule has 0 saturated carbocycles. The van der Waals surface area contributed by atoms with E-state index in [1.54, 1.807) is 12.1 Å². The van der Waals surface area contributed by atoms with Gasteiger partial charge in [-0.05, 0) is 36.8 Å². The lowest BCUT2D eigenvalue weighted by atomic mass is 10.3. The molecule has 0 aliphatic carbocycles. The lowest BCUT2D eigenvalue weighted by Gasteiger charge is -2.09. The van der Waals surface area contributed by atoms with Crippen molar-refractivity contribution in [2.45, 2.75) is 11.3 Å². The summed E-state index contributed by atoms with van der Waals surface area (Å²) in [6.07, 6.45) is 0.406. The van der Waals surface area contributed by atoms with Crippen molar-refractivity contribution in [3.63, 3.8) is 0 Å². The standard InChI is InChI=1S/C15H16BrNO3S/c16-12-7-8-14(17)15(11-12)21(18,19)10-4-9-20-13-5-2-1-3-6-13/h1-3,5-8,11H,4,9-10,17H2. The van der Waals surface area contributed by atoms with Gasteiger partial charge in [0.25, 0.3) is 0 Å². The van der Waals surface area contributed by atoms with Crippen LogP contribution in [0, 0.1) is 0 Å². The maximum absolute atomic E-state index is 12.3. The van der Waals surface area contributed by atoms with Crippen molar-refractivity contribution >= 4 is 31.5 Å². The molecule has 0 unspecified atom stereocenters. The van der Waals surface area contributed by atoms with Crippen LogP contribution in [-0.2, 0) is 9.84 Å². The molecule has 0 aromatic heterocycles.